The molecule has 7 nitrogen and oxygen atoms in total. The van der Waals surface area contributed by atoms with Crippen LogP contribution < -0.4 is 24.4 Å². The van der Waals surface area contributed by atoms with Crippen LogP contribution in [-0.4, -0.2) is 16.2 Å². The van der Waals surface area contributed by atoms with Gasteiger partial charge in [-0.15, -0.1) is 0 Å². The van der Waals surface area contributed by atoms with Crippen molar-refractivity contribution in [3.05, 3.63) is 78.9 Å². The van der Waals surface area contributed by atoms with Crippen LogP contribution in [0.2, 0.25) is 0 Å². The molecular weight excluding hydrogens is 444 g/mol. The summed E-state index contributed by atoms with van der Waals surface area (Å²) in [7, 11) is -4.69. The summed E-state index contributed by atoms with van der Waals surface area (Å²) in [5.41, 5.74) is 9.56. The summed E-state index contributed by atoms with van der Waals surface area (Å²) in [6.07, 6.45) is 0. The molecule has 0 amide bonds. The van der Waals surface area contributed by atoms with Gasteiger partial charge in [-0.3, -0.25) is 0 Å². The number of nitrogens with two attached hydrogens (primary N) is 1. The Bertz CT molecular complexity index is 1430. The molecule has 0 bridgehead atoms. The number of nitrogen functional groups attached to an aromatic ring is 1. The van der Waals surface area contributed by atoms with Crippen molar-refractivity contribution >= 4 is 38.3 Å². The smallest absolute Gasteiger partial charge is 0.132 e. The molecule has 0 unspecified atom stereocenters. The lowest BCUT2D eigenvalue weighted by molar-refractivity contribution is -1.92. The number of benzene rings is 4. The van der Waals surface area contributed by atoms with Crippen molar-refractivity contribution in [3.8, 4) is 16.9 Å². The maximum absolute atomic E-state index is 8.60. The minimum absolute atomic E-state index is 0.567. The number of ether oxygens (including phenoxy) is 1. The van der Waals surface area contributed by atoms with Gasteiger partial charge in [-0.05, 0) is 47.0 Å². The number of aromatic nitrogens is 1. The van der Waals surface area contributed by atoms with Gasteiger partial charge in [-0.1, -0.05) is 60.7 Å². The van der Waals surface area contributed by atoms with Gasteiger partial charge < -0.3 is 10.5 Å². The number of nitrogens with zero attached hydrogens (tertiary/aromatic N) is 1. The van der Waals surface area contributed by atoms with E-state index in [1.807, 2.05) is 37.3 Å². The van der Waals surface area contributed by atoms with Crippen molar-refractivity contribution in [2.24, 2.45) is 0 Å². The minimum Gasteiger partial charge on any atom is -0.494 e. The predicted molar refractivity (Wildman–Crippen MR) is 120 cm³/mol. The fourth-order valence-corrected chi connectivity index (χ4v) is 3.95. The molecule has 0 aliphatic rings. The number of halogens is 1. The molecule has 0 fully saturated rings. The van der Waals surface area contributed by atoms with Gasteiger partial charge in [-0.25, -0.2) is 4.98 Å². The molecule has 3 N–H and O–H groups in total. The van der Waals surface area contributed by atoms with Crippen LogP contribution in [0.5, 0.6) is 5.75 Å². The van der Waals surface area contributed by atoms with E-state index in [-0.39, 0.29) is 0 Å². The quantitative estimate of drug-likeness (QED) is 0.390. The lowest BCUT2D eigenvalue weighted by Gasteiger charge is -2.14. The minimum atomic E-state index is -4.69. The van der Waals surface area contributed by atoms with E-state index < -0.39 is 10.2 Å². The first-order valence-corrected chi connectivity index (χ1v) is 11.4. The standard InChI is InChI=1S/C25H20N2O.ClHO4/c1-2-28-18-13-11-16(12-14-18)22-15-17-7-3-4-8-19(17)24-23(22)20-9-5-6-10-21(20)25(26)27-24;2-1(3,4)5/h3-15H,2H2,1H3,(H2,26,27);(H,2,3,4,5). The molecule has 5 aromatic rings. The first kappa shape index (κ1) is 22.7. The topological polar surface area (TPSA) is 138 Å². The maximum Gasteiger partial charge on any atom is 0.132 e. The predicted octanol–water partition coefficient (Wildman–Crippen LogP) is 2.07. The van der Waals surface area contributed by atoms with Gasteiger partial charge in [0.25, 0.3) is 0 Å². The van der Waals surface area contributed by atoms with Gasteiger partial charge in [0, 0.05) is 16.2 Å². The largest absolute Gasteiger partial charge is 0.494 e. The van der Waals surface area contributed by atoms with E-state index in [1.54, 1.807) is 0 Å². The summed E-state index contributed by atoms with van der Waals surface area (Å²) < 4.78 is 38.3. The first-order valence-electron chi connectivity index (χ1n) is 10.1. The second kappa shape index (κ2) is 9.19. The van der Waals surface area contributed by atoms with Crippen LogP contribution in [0, 0.1) is 10.2 Å². The van der Waals surface area contributed by atoms with Crippen molar-refractivity contribution < 1.29 is 33.6 Å². The normalized spacial score (nSPS) is 11.4. The van der Waals surface area contributed by atoms with Crippen LogP contribution in [0.15, 0.2) is 78.9 Å². The molecule has 1 aromatic heterocycles. The fraction of sp³-hybridized carbons (Fsp3) is 0.0800. The average molecular weight is 465 g/mol. The van der Waals surface area contributed by atoms with Gasteiger partial charge in [-0.2, -0.15) is 14.0 Å². The van der Waals surface area contributed by atoms with Crippen molar-refractivity contribution in [1.82, 2.24) is 4.98 Å². The highest BCUT2D eigenvalue weighted by Crippen LogP contribution is 2.39. The molecular formula is C25H21ClN2O5. The third-order valence-corrected chi connectivity index (χ3v) is 5.20. The van der Waals surface area contributed by atoms with Crippen molar-refractivity contribution in [2.75, 3.05) is 12.3 Å². The van der Waals surface area contributed by atoms with Crippen LogP contribution in [0.4, 0.5) is 5.82 Å². The molecule has 0 aliphatic carbocycles. The van der Waals surface area contributed by atoms with Crippen LogP contribution in [-0.2, 0) is 0 Å². The Balaban J connectivity index is 0.000000471. The molecule has 33 heavy (non-hydrogen) atoms. The SMILES string of the molecule is CCOc1ccc(-c2cc3ccccc3c3nc(N)c4ccccc4c23)cc1.[O-][Cl+3]([O-])([O-])O. The zero-order valence-corrected chi connectivity index (χ0v) is 18.5. The number of hydrogen-bond acceptors (Lipinski definition) is 7. The van der Waals surface area contributed by atoms with Crippen LogP contribution in [0.3, 0.4) is 0 Å². The lowest BCUT2D eigenvalue weighted by atomic mass is 9.92. The van der Waals surface area contributed by atoms with Crippen LogP contribution in [0.1, 0.15) is 6.92 Å². The summed E-state index contributed by atoms with van der Waals surface area (Å²) >= 11 is 0. The number of pyridine rings is 1. The third-order valence-electron chi connectivity index (χ3n) is 5.20. The summed E-state index contributed by atoms with van der Waals surface area (Å²) in [6.45, 7) is 2.65. The van der Waals surface area contributed by atoms with Crippen molar-refractivity contribution in [3.63, 3.8) is 0 Å². The highest BCUT2D eigenvalue weighted by molar-refractivity contribution is 6.22. The summed E-state index contributed by atoms with van der Waals surface area (Å²) in [5.74, 6) is 1.45. The Kier molecular flexibility index (Phi) is 6.33. The highest BCUT2D eigenvalue weighted by atomic mass is 35.7. The third kappa shape index (κ3) is 4.98. The van der Waals surface area contributed by atoms with E-state index in [2.05, 4.69) is 48.5 Å². The Hall–Kier alpha value is -3.46. The Morgan fingerprint density at radius 1 is 0.879 bits per heavy atom. The zero-order chi connectivity index (χ0) is 23.6. The second-order valence-corrected chi connectivity index (χ2v) is 8.06. The van der Waals surface area contributed by atoms with Crippen LogP contribution >= 0.6 is 0 Å². The van der Waals surface area contributed by atoms with Crippen molar-refractivity contribution in [2.45, 2.75) is 6.92 Å². The average Bonchev–Trinajstić information content (AvgIpc) is 2.78. The van der Waals surface area contributed by atoms with E-state index in [0.29, 0.717) is 12.4 Å². The summed E-state index contributed by atoms with van der Waals surface area (Å²) in [4.78, 5) is 4.82. The van der Waals surface area contributed by atoms with Gasteiger partial charge in [0.2, 0.25) is 0 Å². The fourth-order valence-electron chi connectivity index (χ4n) is 3.95. The van der Waals surface area contributed by atoms with E-state index in [9.17, 15) is 0 Å². The first-order chi connectivity index (χ1) is 15.8. The molecule has 4 aromatic carbocycles. The van der Waals surface area contributed by atoms with Gasteiger partial charge >= 0.3 is 0 Å². The molecule has 5 rings (SSSR count). The monoisotopic (exact) mass is 464 g/mol. The Morgan fingerprint density at radius 2 is 1.45 bits per heavy atom. The molecule has 1 heterocycles. The Labute approximate surface area is 192 Å². The molecule has 0 atom stereocenters. The number of rotatable bonds is 3. The van der Waals surface area contributed by atoms with Gasteiger partial charge in [0.05, 0.1) is 27.0 Å². The number of fused-ring (bicyclic) bond motifs is 5. The maximum atomic E-state index is 8.60. The lowest BCUT2D eigenvalue weighted by Crippen LogP contribution is -2.58. The zero-order valence-electron chi connectivity index (χ0n) is 17.7. The van der Waals surface area contributed by atoms with Crippen LogP contribution in [0.25, 0.3) is 43.6 Å². The molecule has 168 valence electrons. The number of hydrogen-bond donors (Lipinski definition) is 2. The summed E-state index contributed by atoms with van der Waals surface area (Å²) in [6, 6.07) is 27.1. The summed E-state index contributed by atoms with van der Waals surface area (Å²) in [5, 5.41) is 5.51. The van der Waals surface area contributed by atoms with E-state index in [0.717, 1.165) is 49.3 Å². The molecule has 0 spiro atoms. The van der Waals surface area contributed by atoms with Gasteiger partial charge in [0.1, 0.15) is 11.6 Å². The number of anilines is 1. The van der Waals surface area contributed by atoms with Gasteiger partial charge in [0.15, 0.2) is 0 Å². The van der Waals surface area contributed by atoms with Crippen molar-refractivity contribution in [1.29, 1.82) is 0 Å². The molecule has 0 saturated carbocycles. The molecule has 8 heteroatoms. The molecule has 0 radical (unpaired) electrons. The van der Waals surface area contributed by atoms with E-state index in [4.69, 9.17) is 34.1 Å². The van der Waals surface area contributed by atoms with E-state index in [1.165, 1.54) is 0 Å². The molecule has 0 aliphatic heterocycles. The second-order valence-electron chi connectivity index (χ2n) is 7.26. The Morgan fingerprint density at radius 3 is 2.09 bits per heavy atom. The highest BCUT2D eigenvalue weighted by Gasteiger charge is 2.14. The molecule has 0 saturated heterocycles. The van der Waals surface area contributed by atoms with E-state index >= 15 is 0 Å².